The van der Waals surface area contributed by atoms with Crippen LogP contribution in [0.15, 0.2) is 121 Å². The normalized spacial score (nSPS) is 12.8. The van der Waals surface area contributed by atoms with Gasteiger partial charge < -0.3 is 0 Å². The zero-order chi connectivity index (χ0) is 30.5. The maximum atomic E-state index is 2.51. The lowest BCUT2D eigenvalue weighted by molar-refractivity contribution is 0.812. The van der Waals surface area contributed by atoms with Gasteiger partial charge in [-0.1, -0.05) is 132 Å². The van der Waals surface area contributed by atoms with Crippen molar-refractivity contribution >= 4 is 51.2 Å². The first kappa shape index (κ1) is 28.3. The van der Waals surface area contributed by atoms with Crippen molar-refractivity contribution in [2.24, 2.45) is 0 Å². The molecule has 0 aliphatic carbocycles. The van der Waals surface area contributed by atoms with Crippen molar-refractivity contribution in [2.45, 2.75) is 59.3 Å². The van der Waals surface area contributed by atoms with Gasteiger partial charge >= 0.3 is 0 Å². The molecule has 0 radical (unpaired) electrons. The molecule has 0 unspecified atom stereocenters. The quantitative estimate of drug-likeness (QED) is 0.180. The molecule has 7 rings (SSSR count). The summed E-state index contributed by atoms with van der Waals surface area (Å²) in [7, 11) is 0. The molecule has 0 N–H and O–H groups in total. The van der Waals surface area contributed by atoms with Crippen molar-refractivity contribution < 1.29 is 0 Å². The van der Waals surface area contributed by atoms with Gasteiger partial charge in [-0.25, -0.2) is 0 Å². The van der Waals surface area contributed by atoms with Gasteiger partial charge in [-0.15, -0.1) is 0 Å². The van der Waals surface area contributed by atoms with Crippen LogP contribution in [0.25, 0.3) is 16.6 Å². The van der Waals surface area contributed by atoms with Crippen molar-refractivity contribution in [3.05, 3.63) is 138 Å². The van der Waals surface area contributed by atoms with Crippen molar-refractivity contribution in [3.63, 3.8) is 0 Å². The molecule has 6 aromatic rings. The fraction of sp³-hybridized carbons (Fsp3) is 0.220. The van der Waals surface area contributed by atoms with Crippen LogP contribution in [-0.2, 0) is 0 Å². The molecule has 44 heavy (non-hydrogen) atoms. The Morgan fingerprint density at radius 2 is 1.07 bits per heavy atom. The molecular formula is C41H41BN2. The Morgan fingerprint density at radius 1 is 0.523 bits per heavy atom. The van der Waals surface area contributed by atoms with Gasteiger partial charge in [0.05, 0.1) is 5.52 Å². The molecule has 0 spiro atoms. The van der Waals surface area contributed by atoms with Gasteiger partial charge in [0.25, 0.3) is 0 Å². The van der Waals surface area contributed by atoms with Crippen molar-refractivity contribution in [1.82, 2.24) is 4.57 Å². The number of para-hydroxylation sites is 4. The summed E-state index contributed by atoms with van der Waals surface area (Å²) in [5.41, 5.74) is 13.4. The molecule has 0 bridgehead atoms. The maximum Gasteiger partial charge on any atom is 0.250 e. The van der Waals surface area contributed by atoms with Gasteiger partial charge in [0.15, 0.2) is 0 Å². The summed E-state index contributed by atoms with van der Waals surface area (Å²) in [6.07, 6.45) is 0. The lowest BCUT2D eigenvalue weighted by Crippen LogP contribution is -2.59. The highest BCUT2D eigenvalue weighted by molar-refractivity contribution is 7.00. The molecule has 2 heterocycles. The van der Waals surface area contributed by atoms with Gasteiger partial charge in [0.1, 0.15) is 5.82 Å². The molecule has 2 nitrogen and oxygen atoms in total. The van der Waals surface area contributed by atoms with Gasteiger partial charge in [-0.05, 0) is 87.2 Å². The molecule has 1 aromatic heterocycles. The number of nitrogens with zero attached hydrogens (tertiary/aromatic N) is 2. The minimum Gasteiger partial charge on any atom is -0.297 e. The Bertz CT molecular complexity index is 1920. The average Bonchev–Trinajstić information content (AvgIpc) is 3.38. The third kappa shape index (κ3) is 4.49. The van der Waals surface area contributed by atoms with E-state index in [1.54, 1.807) is 0 Å². The molecule has 0 amide bonds. The number of hydrogen-bond donors (Lipinski definition) is 0. The Hall–Kier alpha value is -4.50. The van der Waals surface area contributed by atoms with Crippen LogP contribution >= 0.6 is 0 Å². The summed E-state index contributed by atoms with van der Waals surface area (Å²) in [6.45, 7) is 14.2. The van der Waals surface area contributed by atoms with E-state index in [4.69, 9.17) is 0 Å². The summed E-state index contributed by atoms with van der Waals surface area (Å²) in [4.78, 5) is 2.50. The molecular weight excluding hydrogens is 531 g/mol. The van der Waals surface area contributed by atoms with E-state index in [-0.39, 0.29) is 6.71 Å². The maximum absolute atomic E-state index is 2.51. The smallest absolute Gasteiger partial charge is 0.250 e. The highest BCUT2D eigenvalue weighted by atomic mass is 15.3. The number of benzene rings is 5. The van der Waals surface area contributed by atoms with Crippen LogP contribution in [0.5, 0.6) is 0 Å². The number of rotatable bonds is 6. The van der Waals surface area contributed by atoms with Gasteiger partial charge in [0, 0.05) is 17.1 Å². The largest absolute Gasteiger partial charge is 0.297 e. The zero-order valence-corrected chi connectivity index (χ0v) is 26.8. The van der Waals surface area contributed by atoms with Crippen LogP contribution in [0.3, 0.4) is 0 Å². The molecule has 5 aromatic carbocycles. The second kappa shape index (κ2) is 11.2. The summed E-state index contributed by atoms with van der Waals surface area (Å²) in [5, 5.41) is 1.31. The minimum atomic E-state index is 0.0898. The van der Waals surface area contributed by atoms with E-state index in [0.717, 1.165) is 0 Å². The van der Waals surface area contributed by atoms with E-state index in [1.165, 1.54) is 66.9 Å². The van der Waals surface area contributed by atoms with Crippen LogP contribution < -0.4 is 21.3 Å². The SMILES string of the molecule is CC(C)c1cc(C(C)C)c(B2c3ccccc3N(c3ccccc3)c3c2c2ccccc2n3-c2ccccc2)c(C(C)C)c1. The van der Waals surface area contributed by atoms with E-state index in [0.29, 0.717) is 17.8 Å². The Kier molecular flexibility index (Phi) is 7.21. The van der Waals surface area contributed by atoms with E-state index < -0.39 is 0 Å². The summed E-state index contributed by atoms with van der Waals surface area (Å²) in [6, 6.07) is 44.9. The standard InChI is InChI=1S/C41H41BN2/c1-27(2)30-25-34(28(3)4)39(35(26-30)29(5)6)42-36-22-14-16-24-38(36)44(32-19-11-8-12-20-32)41-40(42)33-21-13-15-23-37(33)43(41)31-17-9-7-10-18-31/h7-29H,1-6H3. The van der Waals surface area contributed by atoms with Gasteiger partial charge in [-0.3, -0.25) is 9.47 Å². The van der Waals surface area contributed by atoms with Crippen molar-refractivity contribution in [2.75, 3.05) is 4.90 Å². The average molecular weight is 573 g/mol. The van der Waals surface area contributed by atoms with E-state index in [2.05, 4.69) is 172 Å². The number of anilines is 3. The predicted octanol–water partition coefficient (Wildman–Crippen LogP) is 9.30. The summed E-state index contributed by atoms with van der Waals surface area (Å²) in [5.74, 6) is 2.49. The Balaban J connectivity index is 1.68. The molecule has 1 aliphatic rings. The minimum absolute atomic E-state index is 0.0898. The van der Waals surface area contributed by atoms with Crippen molar-refractivity contribution in [1.29, 1.82) is 0 Å². The zero-order valence-electron chi connectivity index (χ0n) is 26.8. The fourth-order valence-electron chi connectivity index (χ4n) is 7.28. The first-order valence-electron chi connectivity index (χ1n) is 16.2. The second-order valence-electron chi connectivity index (χ2n) is 13.2. The van der Waals surface area contributed by atoms with Crippen LogP contribution in [0.2, 0.25) is 0 Å². The Labute approximate surface area is 263 Å². The number of fused-ring (bicyclic) bond motifs is 4. The second-order valence-corrected chi connectivity index (χ2v) is 13.2. The van der Waals surface area contributed by atoms with Crippen LogP contribution in [0.1, 0.15) is 76.0 Å². The van der Waals surface area contributed by atoms with E-state index in [1.807, 2.05) is 0 Å². The van der Waals surface area contributed by atoms with E-state index >= 15 is 0 Å². The van der Waals surface area contributed by atoms with Crippen LogP contribution in [-0.4, -0.2) is 11.3 Å². The molecule has 1 aliphatic heterocycles. The predicted molar refractivity (Wildman–Crippen MR) is 191 cm³/mol. The summed E-state index contributed by atoms with van der Waals surface area (Å²) >= 11 is 0. The topological polar surface area (TPSA) is 8.17 Å². The van der Waals surface area contributed by atoms with Crippen LogP contribution in [0, 0.1) is 0 Å². The Morgan fingerprint density at radius 3 is 1.68 bits per heavy atom. The highest BCUT2D eigenvalue weighted by Gasteiger charge is 2.42. The lowest BCUT2D eigenvalue weighted by Gasteiger charge is -2.38. The highest BCUT2D eigenvalue weighted by Crippen LogP contribution is 2.41. The molecule has 3 heteroatoms. The van der Waals surface area contributed by atoms with Gasteiger partial charge in [-0.2, -0.15) is 0 Å². The molecule has 218 valence electrons. The lowest BCUT2D eigenvalue weighted by atomic mass is 9.33. The fourth-order valence-corrected chi connectivity index (χ4v) is 7.28. The van der Waals surface area contributed by atoms with Gasteiger partial charge in [0.2, 0.25) is 6.71 Å². The number of aromatic nitrogens is 1. The molecule has 0 fully saturated rings. The van der Waals surface area contributed by atoms with Crippen LogP contribution in [0.4, 0.5) is 17.2 Å². The first-order chi connectivity index (χ1) is 21.4. The molecule has 0 saturated heterocycles. The third-order valence-corrected chi connectivity index (χ3v) is 9.37. The molecule has 0 saturated carbocycles. The summed E-state index contributed by atoms with van der Waals surface area (Å²) < 4.78 is 2.49. The van der Waals surface area contributed by atoms with E-state index in [9.17, 15) is 0 Å². The van der Waals surface area contributed by atoms with Crippen molar-refractivity contribution in [3.8, 4) is 5.69 Å². The monoisotopic (exact) mass is 572 g/mol. The third-order valence-electron chi connectivity index (χ3n) is 9.37. The number of hydrogen-bond acceptors (Lipinski definition) is 1. The first-order valence-corrected chi connectivity index (χ1v) is 16.2. The molecule has 0 atom stereocenters.